The highest BCUT2D eigenvalue weighted by Gasteiger charge is 2.26. The van der Waals surface area contributed by atoms with Crippen LogP contribution in [0.3, 0.4) is 0 Å². The zero-order valence-corrected chi connectivity index (χ0v) is 16.5. The summed E-state index contributed by atoms with van der Waals surface area (Å²) in [5.74, 6) is -0.413. The summed E-state index contributed by atoms with van der Waals surface area (Å²) < 4.78 is 26.2. The molecule has 0 bridgehead atoms. The molecule has 0 fully saturated rings. The smallest absolute Gasteiger partial charge is 0.272 e. The van der Waals surface area contributed by atoms with Gasteiger partial charge in [-0.05, 0) is 56.5 Å². The Kier molecular flexibility index (Phi) is 5.37. The largest absolute Gasteiger partial charge is 0.322 e. The molecule has 0 atom stereocenters. The lowest BCUT2D eigenvalue weighted by atomic mass is 10.0. The average molecular weight is 403 g/mol. The van der Waals surface area contributed by atoms with Gasteiger partial charge in [-0.1, -0.05) is 6.07 Å². The average Bonchev–Trinajstić information content (AvgIpc) is 2.67. The molecule has 0 unspecified atom stereocenters. The van der Waals surface area contributed by atoms with Crippen LogP contribution >= 0.6 is 0 Å². The maximum Gasteiger partial charge on any atom is 0.272 e. The number of fused-ring (bicyclic) bond motifs is 1. The second-order valence-electron chi connectivity index (χ2n) is 6.63. The molecule has 2 aromatic carbocycles. The lowest BCUT2D eigenvalue weighted by Crippen LogP contribution is -2.36. The van der Waals surface area contributed by atoms with E-state index >= 15 is 0 Å². The molecule has 28 heavy (non-hydrogen) atoms. The minimum Gasteiger partial charge on any atom is -0.322 e. The monoisotopic (exact) mass is 403 g/mol. The number of benzene rings is 2. The van der Waals surface area contributed by atoms with Gasteiger partial charge in [-0.25, -0.2) is 8.42 Å². The van der Waals surface area contributed by atoms with Crippen molar-refractivity contribution in [2.45, 2.75) is 26.7 Å². The fourth-order valence-electron chi connectivity index (χ4n) is 3.27. The lowest BCUT2D eigenvalue weighted by molar-refractivity contribution is -0.385. The van der Waals surface area contributed by atoms with Crippen LogP contribution in [0.4, 0.5) is 17.1 Å². The van der Waals surface area contributed by atoms with E-state index in [2.05, 4.69) is 5.32 Å². The molecule has 1 heterocycles. The van der Waals surface area contributed by atoms with E-state index in [-0.39, 0.29) is 11.4 Å². The Balaban J connectivity index is 1.88. The number of rotatable bonds is 5. The molecule has 1 N–H and O–H groups in total. The molecule has 3 rings (SSSR count). The van der Waals surface area contributed by atoms with E-state index in [0.717, 1.165) is 18.4 Å². The molecule has 0 saturated carbocycles. The number of hydrogen-bond acceptors (Lipinski definition) is 5. The highest BCUT2D eigenvalue weighted by atomic mass is 32.2. The van der Waals surface area contributed by atoms with Crippen LogP contribution in [0.5, 0.6) is 0 Å². The van der Waals surface area contributed by atoms with Crippen molar-refractivity contribution in [3.05, 3.63) is 63.2 Å². The summed E-state index contributed by atoms with van der Waals surface area (Å²) in [5, 5.41) is 13.7. The molecule has 1 aliphatic rings. The molecule has 9 heteroatoms. The van der Waals surface area contributed by atoms with Gasteiger partial charge in [0.05, 0.1) is 16.4 Å². The second-order valence-corrected chi connectivity index (χ2v) is 8.81. The van der Waals surface area contributed by atoms with Crippen LogP contribution in [0.1, 0.15) is 34.8 Å². The van der Waals surface area contributed by atoms with Crippen LogP contribution in [0, 0.1) is 17.0 Å². The van der Waals surface area contributed by atoms with Gasteiger partial charge in [0.2, 0.25) is 10.0 Å². The number of nitrogens with zero attached hydrogens (tertiary/aromatic N) is 2. The van der Waals surface area contributed by atoms with Crippen molar-refractivity contribution in [2.75, 3.05) is 21.9 Å². The summed E-state index contributed by atoms with van der Waals surface area (Å²) >= 11 is 0. The number of sulfonamides is 1. The Morgan fingerprint density at radius 2 is 2.00 bits per heavy atom. The van der Waals surface area contributed by atoms with E-state index in [1.165, 1.54) is 22.5 Å². The Morgan fingerprint density at radius 1 is 1.25 bits per heavy atom. The molecule has 1 amide bonds. The zero-order chi connectivity index (χ0) is 20.5. The van der Waals surface area contributed by atoms with Crippen molar-refractivity contribution < 1.29 is 18.1 Å². The highest BCUT2D eigenvalue weighted by Crippen LogP contribution is 2.32. The zero-order valence-electron chi connectivity index (χ0n) is 15.6. The summed E-state index contributed by atoms with van der Waals surface area (Å²) in [4.78, 5) is 23.0. The number of nitro groups is 1. The first-order valence-electron chi connectivity index (χ1n) is 8.92. The Hall–Kier alpha value is -2.94. The molecule has 0 spiro atoms. The first kappa shape index (κ1) is 19.8. The predicted molar refractivity (Wildman–Crippen MR) is 107 cm³/mol. The highest BCUT2D eigenvalue weighted by molar-refractivity contribution is 7.92. The van der Waals surface area contributed by atoms with Crippen molar-refractivity contribution in [1.29, 1.82) is 0 Å². The summed E-state index contributed by atoms with van der Waals surface area (Å²) in [6.45, 7) is 3.59. The van der Waals surface area contributed by atoms with Gasteiger partial charge in [-0.2, -0.15) is 0 Å². The van der Waals surface area contributed by atoms with Gasteiger partial charge in [0.25, 0.3) is 11.6 Å². The maximum atomic E-state index is 12.5. The van der Waals surface area contributed by atoms with E-state index in [0.29, 0.717) is 29.0 Å². The molecular formula is C19H21N3O5S. The van der Waals surface area contributed by atoms with Crippen LogP contribution in [0.2, 0.25) is 0 Å². The summed E-state index contributed by atoms with van der Waals surface area (Å²) in [5.41, 5.74) is 2.61. The SMILES string of the molecule is CCS(=O)(=O)N1CCCc2ccc(NC(=O)c3ccc([N+](=O)[O-])c(C)c3)cc21. The van der Waals surface area contributed by atoms with Crippen molar-refractivity contribution in [2.24, 2.45) is 0 Å². The maximum absolute atomic E-state index is 12.5. The molecule has 2 aromatic rings. The summed E-state index contributed by atoms with van der Waals surface area (Å²) in [6.07, 6.45) is 1.53. The normalized spacial score (nSPS) is 13.7. The minimum absolute atomic E-state index is 0.00506. The number of anilines is 2. The van der Waals surface area contributed by atoms with Crippen LogP contribution in [-0.2, 0) is 16.4 Å². The quantitative estimate of drug-likeness (QED) is 0.609. The first-order chi connectivity index (χ1) is 13.2. The summed E-state index contributed by atoms with van der Waals surface area (Å²) in [7, 11) is -3.39. The van der Waals surface area contributed by atoms with Gasteiger partial charge in [0, 0.05) is 29.4 Å². The number of nitrogens with one attached hydrogen (secondary N) is 1. The molecule has 1 aliphatic heterocycles. The first-order valence-corrected chi connectivity index (χ1v) is 10.5. The number of amides is 1. The number of carbonyl (C=O) groups excluding carboxylic acids is 1. The van der Waals surface area contributed by atoms with E-state index in [9.17, 15) is 23.3 Å². The number of aryl methyl sites for hydroxylation is 2. The topological polar surface area (TPSA) is 110 Å². The molecule has 0 radical (unpaired) electrons. The lowest BCUT2D eigenvalue weighted by Gasteiger charge is -2.30. The van der Waals surface area contributed by atoms with Gasteiger partial charge in [-0.3, -0.25) is 19.2 Å². The molecule has 0 aliphatic carbocycles. The molecule has 0 saturated heterocycles. The van der Waals surface area contributed by atoms with Crippen molar-refractivity contribution >= 4 is 33.0 Å². The van der Waals surface area contributed by atoms with E-state index in [1.807, 2.05) is 6.07 Å². The summed E-state index contributed by atoms with van der Waals surface area (Å²) in [6, 6.07) is 9.37. The second kappa shape index (κ2) is 7.59. The number of hydrogen-bond donors (Lipinski definition) is 1. The molecule has 8 nitrogen and oxygen atoms in total. The third kappa shape index (κ3) is 3.84. The Morgan fingerprint density at radius 3 is 2.64 bits per heavy atom. The predicted octanol–water partition coefficient (Wildman–Crippen LogP) is 3.26. The number of carbonyl (C=O) groups is 1. The van der Waals surface area contributed by atoms with E-state index < -0.39 is 20.9 Å². The Bertz CT molecular complexity index is 1050. The van der Waals surface area contributed by atoms with Crippen molar-refractivity contribution in [1.82, 2.24) is 0 Å². The molecular weight excluding hydrogens is 382 g/mol. The molecule has 148 valence electrons. The Labute approximate surface area is 163 Å². The van der Waals surface area contributed by atoms with Gasteiger partial charge in [0.1, 0.15) is 0 Å². The van der Waals surface area contributed by atoms with Crippen molar-refractivity contribution in [3.63, 3.8) is 0 Å². The standard InChI is InChI=1S/C19H21N3O5S/c1-3-28(26,27)21-10-4-5-14-6-8-16(12-18(14)21)20-19(23)15-7-9-17(22(24)25)13(2)11-15/h6-9,11-12H,3-5,10H2,1-2H3,(H,20,23). The fraction of sp³-hybridized carbons (Fsp3) is 0.316. The fourth-order valence-corrected chi connectivity index (χ4v) is 4.46. The van der Waals surface area contributed by atoms with Gasteiger partial charge < -0.3 is 5.32 Å². The van der Waals surface area contributed by atoms with Crippen LogP contribution in [-0.4, -0.2) is 31.5 Å². The van der Waals surface area contributed by atoms with Crippen LogP contribution < -0.4 is 9.62 Å². The van der Waals surface area contributed by atoms with Crippen molar-refractivity contribution in [3.8, 4) is 0 Å². The van der Waals surface area contributed by atoms with Gasteiger partial charge in [0.15, 0.2) is 0 Å². The van der Waals surface area contributed by atoms with Gasteiger partial charge >= 0.3 is 0 Å². The van der Waals surface area contributed by atoms with E-state index in [1.54, 1.807) is 26.0 Å². The van der Waals surface area contributed by atoms with Crippen LogP contribution in [0.25, 0.3) is 0 Å². The van der Waals surface area contributed by atoms with Gasteiger partial charge in [-0.15, -0.1) is 0 Å². The third-order valence-electron chi connectivity index (χ3n) is 4.78. The molecule has 0 aromatic heterocycles. The van der Waals surface area contributed by atoms with Crippen LogP contribution in [0.15, 0.2) is 36.4 Å². The third-order valence-corrected chi connectivity index (χ3v) is 6.56. The van der Waals surface area contributed by atoms with E-state index in [4.69, 9.17) is 0 Å². The minimum atomic E-state index is -3.39. The number of nitro benzene ring substituents is 1.